The number of hydrogen-bond acceptors (Lipinski definition) is 4. The second kappa shape index (κ2) is 7.73. The molecule has 1 amide bonds. The molecule has 0 aromatic heterocycles. The van der Waals surface area contributed by atoms with E-state index in [1.165, 1.54) is 0 Å². The summed E-state index contributed by atoms with van der Waals surface area (Å²) in [6.07, 6.45) is 1.43. The van der Waals surface area contributed by atoms with Crippen molar-refractivity contribution in [3.05, 3.63) is 0 Å². The summed E-state index contributed by atoms with van der Waals surface area (Å²) >= 11 is 0. The predicted molar refractivity (Wildman–Crippen MR) is 64.6 cm³/mol. The summed E-state index contributed by atoms with van der Waals surface area (Å²) in [5.74, 6) is -2.60. The van der Waals surface area contributed by atoms with Gasteiger partial charge in [-0.3, -0.25) is 9.59 Å². The van der Waals surface area contributed by atoms with Crippen LogP contribution in [0.1, 0.15) is 32.1 Å². The fraction of sp³-hybridized carbons (Fsp3) is 0.750. The maximum Gasteiger partial charge on any atom is 0.326 e. The van der Waals surface area contributed by atoms with Crippen LogP contribution in [-0.4, -0.2) is 47.3 Å². The monoisotopic (exact) mass is 273 g/mol. The van der Waals surface area contributed by atoms with Crippen molar-refractivity contribution in [3.8, 4) is 0 Å². The molecule has 7 nitrogen and oxygen atoms in total. The first kappa shape index (κ1) is 15.4. The van der Waals surface area contributed by atoms with Gasteiger partial charge in [0.05, 0.1) is 0 Å². The van der Waals surface area contributed by atoms with Crippen LogP contribution in [0.4, 0.5) is 0 Å². The van der Waals surface area contributed by atoms with Crippen LogP contribution >= 0.6 is 0 Å². The first-order chi connectivity index (χ1) is 9.00. The molecule has 1 rings (SSSR count). The van der Waals surface area contributed by atoms with E-state index in [1.54, 1.807) is 0 Å². The molecular formula is C12H19NO6. The number of carboxylic acid groups (broad SMARTS) is 2. The van der Waals surface area contributed by atoms with Gasteiger partial charge in [0.1, 0.15) is 6.04 Å². The summed E-state index contributed by atoms with van der Waals surface area (Å²) < 4.78 is 5.13. The molecule has 1 aliphatic heterocycles. The summed E-state index contributed by atoms with van der Waals surface area (Å²) in [5, 5.41) is 20.0. The second-order valence-corrected chi connectivity index (χ2v) is 4.57. The topological polar surface area (TPSA) is 113 Å². The number of hydrogen-bond donors (Lipinski definition) is 3. The Kier molecular flexibility index (Phi) is 6.27. The van der Waals surface area contributed by atoms with E-state index >= 15 is 0 Å². The highest BCUT2D eigenvalue weighted by Crippen LogP contribution is 2.15. The standard InChI is InChI=1S/C12H19NO6/c14-10(15)3-1-2-9(12(17)18)13-11(16)8-4-6-19-7-5-8/h8-9H,1-7H2,(H,13,16)(H,14,15)(H,17,18)/t9-/m1/s1. The molecule has 1 fully saturated rings. The number of carbonyl (C=O) groups is 3. The number of rotatable bonds is 7. The average Bonchev–Trinajstić information content (AvgIpc) is 2.37. The van der Waals surface area contributed by atoms with Gasteiger partial charge in [-0.15, -0.1) is 0 Å². The third-order valence-corrected chi connectivity index (χ3v) is 3.09. The van der Waals surface area contributed by atoms with E-state index in [2.05, 4.69) is 5.32 Å². The SMILES string of the molecule is O=C(O)CCC[C@@H](NC(=O)C1CCOCC1)C(=O)O. The highest BCUT2D eigenvalue weighted by atomic mass is 16.5. The molecule has 0 aromatic carbocycles. The quantitative estimate of drug-likeness (QED) is 0.612. The van der Waals surface area contributed by atoms with Crippen LogP contribution in [0.5, 0.6) is 0 Å². The van der Waals surface area contributed by atoms with Gasteiger partial charge in [0.15, 0.2) is 0 Å². The smallest absolute Gasteiger partial charge is 0.326 e. The molecule has 108 valence electrons. The molecule has 19 heavy (non-hydrogen) atoms. The molecule has 0 radical (unpaired) electrons. The van der Waals surface area contributed by atoms with E-state index in [1.807, 2.05) is 0 Å². The minimum absolute atomic E-state index is 0.100. The largest absolute Gasteiger partial charge is 0.481 e. The first-order valence-electron chi connectivity index (χ1n) is 6.33. The number of aliphatic carboxylic acids is 2. The molecule has 1 saturated heterocycles. The van der Waals surface area contributed by atoms with Gasteiger partial charge in [0, 0.05) is 25.6 Å². The van der Waals surface area contributed by atoms with Gasteiger partial charge in [0.25, 0.3) is 0 Å². The van der Waals surface area contributed by atoms with Gasteiger partial charge >= 0.3 is 11.9 Å². The lowest BCUT2D eigenvalue weighted by molar-refractivity contribution is -0.143. The highest BCUT2D eigenvalue weighted by molar-refractivity contribution is 5.85. The lowest BCUT2D eigenvalue weighted by Crippen LogP contribution is -2.44. The zero-order valence-electron chi connectivity index (χ0n) is 10.6. The molecule has 0 bridgehead atoms. The maximum atomic E-state index is 11.9. The van der Waals surface area contributed by atoms with Gasteiger partial charge in [-0.2, -0.15) is 0 Å². The number of amides is 1. The molecule has 3 N–H and O–H groups in total. The Bertz CT molecular complexity index is 337. The summed E-state index contributed by atoms with van der Waals surface area (Å²) in [7, 11) is 0. The fourth-order valence-electron chi connectivity index (χ4n) is 1.96. The molecule has 1 aliphatic rings. The molecule has 0 aliphatic carbocycles. The van der Waals surface area contributed by atoms with Crippen LogP contribution < -0.4 is 5.32 Å². The Hall–Kier alpha value is -1.63. The third kappa shape index (κ3) is 5.69. The zero-order valence-corrected chi connectivity index (χ0v) is 10.6. The van der Waals surface area contributed by atoms with Crippen molar-refractivity contribution in [3.63, 3.8) is 0 Å². The minimum atomic E-state index is -1.13. The van der Waals surface area contributed by atoms with Gasteiger partial charge in [-0.25, -0.2) is 4.79 Å². The first-order valence-corrected chi connectivity index (χ1v) is 6.33. The van der Waals surface area contributed by atoms with Crippen molar-refractivity contribution in [2.75, 3.05) is 13.2 Å². The number of carbonyl (C=O) groups excluding carboxylic acids is 1. The van der Waals surface area contributed by atoms with Gasteiger partial charge in [-0.1, -0.05) is 0 Å². The van der Waals surface area contributed by atoms with Crippen molar-refractivity contribution in [1.29, 1.82) is 0 Å². The van der Waals surface area contributed by atoms with Gasteiger partial charge in [0.2, 0.25) is 5.91 Å². The summed E-state index contributed by atoms with van der Waals surface area (Å²) in [5.41, 5.74) is 0. The lowest BCUT2D eigenvalue weighted by atomic mass is 9.98. The maximum absolute atomic E-state index is 11.9. The molecule has 0 unspecified atom stereocenters. The Labute approximate surface area is 110 Å². The van der Waals surface area contributed by atoms with Crippen molar-refractivity contribution >= 4 is 17.8 Å². The molecule has 0 aromatic rings. The van der Waals surface area contributed by atoms with E-state index in [-0.39, 0.29) is 31.1 Å². The molecule has 1 heterocycles. The summed E-state index contributed by atoms with van der Waals surface area (Å²) in [4.78, 5) is 33.2. The van der Waals surface area contributed by atoms with E-state index in [0.717, 1.165) is 0 Å². The summed E-state index contributed by atoms with van der Waals surface area (Å²) in [6.45, 7) is 1.02. The molecule has 1 atom stereocenters. The molecule has 7 heteroatoms. The Morgan fingerprint density at radius 1 is 1.21 bits per heavy atom. The Morgan fingerprint density at radius 2 is 1.84 bits per heavy atom. The Balaban J connectivity index is 2.41. The van der Waals surface area contributed by atoms with Crippen molar-refractivity contribution in [1.82, 2.24) is 5.32 Å². The van der Waals surface area contributed by atoms with Crippen LogP contribution in [0.3, 0.4) is 0 Å². The minimum Gasteiger partial charge on any atom is -0.481 e. The normalized spacial score (nSPS) is 17.7. The van der Waals surface area contributed by atoms with Crippen LogP contribution in [0.25, 0.3) is 0 Å². The van der Waals surface area contributed by atoms with Crippen LogP contribution in [-0.2, 0) is 19.1 Å². The molecule has 0 spiro atoms. The van der Waals surface area contributed by atoms with Crippen molar-refractivity contribution in [2.45, 2.75) is 38.1 Å². The van der Waals surface area contributed by atoms with Crippen LogP contribution in [0, 0.1) is 5.92 Å². The molecule has 0 saturated carbocycles. The molecular weight excluding hydrogens is 254 g/mol. The van der Waals surface area contributed by atoms with Crippen molar-refractivity contribution in [2.24, 2.45) is 5.92 Å². The zero-order chi connectivity index (χ0) is 14.3. The van der Waals surface area contributed by atoms with E-state index in [9.17, 15) is 14.4 Å². The van der Waals surface area contributed by atoms with Crippen LogP contribution in [0.15, 0.2) is 0 Å². The average molecular weight is 273 g/mol. The van der Waals surface area contributed by atoms with Gasteiger partial charge in [-0.05, 0) is 25.7 Å². The number of nitrogens with one attached hydrogen (secondary N) is 1. The van der Waals surface area contributed by atoms with Crippen molar-refractivity contribution < 1.29 is 29.3 Å². The highest BCUT2D eigenvalue weighted by Gasteiger charge is 2.26. The predicted octanol–water partition coefficient (Wildman–Crippen LogP) is 0.237. The van der Waals surface area contributed by atoms with E-state index in [0.29, 0.717) is 26.1 Å². The lowest BCUT2D eigenvalue weighted by Gasteiger charge is -2.23. The summed E-state index contributed by atoms with van der Waals surface area (Å²) in [6, 6.07) is -1.02. The van der Waals surface area contributed by atoms with Gasteiger partial charge < -0.3 is 20.3 Å². The third-order valence-electron chi connectivity index (χ3n) is 3.09. The Morgan fingerprint density at radius 3 is 2.37 bits per heavy atom. The van der Waals surface area contributed by atoms with E-state index in [4.69, 9.17) is 14.9 Å². The second-order valence-electron chi connectivity index (χ2n) is 4.57. The fourth-order valence-corrected chi connectivity index (χ4v) is 1.96. The van der Waals surface area contributed by atoms with Crippen LogP contribution in [0.2, 0.25) is 0 Å². The number of ether oxygens (including phenoxy) is 1. The number of carboxylic acids is 2. The van der Waals surface area contributed by atoms with E-state index < -0.39 is 18.0 Å².